The van der Waals surface area contributed by atoms with Gasteiger partial charge in [-0.2, -0.15) is 0 Å². The van der Waals surface area contributed by atoms with Crippen LogP contribution in [0, 0.1) is 0 Å². The third kappa shape index (κ3) is 2.42. The monoisotopic (exact) mass is 228 g/mol. The van der Waals surface area contributed by atoms with Gasteiger partial charge in [0.15, 0.2) is 0 Å². The molecule has 0 saturated carbocycles. The maximum Gasteiger partial charge on any atom is 0.248 e. The molecule has 1 amide bonds. The zero-order valence-electron chi connectivity index (χ0n) is 9.38. The first-order chi connectivity index (χ1) is 8.20. The molecule has 2 rings (SSSR count). The number of nitrogens with two attached hydrogens (primary N) is 1. The van der Waals surface area contributed by atoms with Crippen LogP contribution in [0.3, 0.4) is 0 Å². The van der Waals surface area contributed by atoms with E-state index in [1.807, 2.05) is 24.3 Å². The fourth-order valence-corrected chi connectivity index (χ4v) is 1.53. The Kier molecular flexibility index (Phi) is 3.05. The highest BCUT2D eigenvalue weighted by Crippen LogP contribution is 2.22. The van der Waals surface area contributed by atoms with E-state index in [0.717, 1.165) is 11.1 Å². The average molecular weight is 228 g/mol. The summed E-state index contributed by atoms with van der Waals surface area (Å²) in [5.41, 5.74) is 7.64. The van der Waals surface area contributed by atoms with E-state index in [9.17, 15) is 4.79 Å². The van der Waals surface area contributed by atoms with Gasteiger partial charge in [0, 0.05) is 17.8 Å². The molecule has 1 aromatic carbocycles. The maximum absolute atomic E-state index is 10.9. The van der Waals surface area contributed by atoms with E-state index >= 15 is 0 Å². The number of amides is 1. The standard InChI is InChI=1S/C13H12N2O2/c1-17-12-8-11(6-7-15-12)9-2-4-10(5-3-9)13(14)16/h2-8H,1H3,(H2,14,16). The fraction of sp³-hybridized carbons (Fsp3) is 0.0769. The Balaban J connectivity index is 2.36. The van der Waals surface area contributed by atoms with Gasteiger partial charge in [0.25, 0.3) is 0 Å². The van der Waals surface area contributed by atoms with Crippen LogP contribution < -0.4 is 10.5 Å². The van der Waals surface area contributed by atoms with Gasteiger partial charge in [-0.05, 0) is 29.3 Å². The van der Waals surface area contributed by atoms with Crippen LogP contribution in [0.5, 0.6) is 5.88 Å². The predicted molar refractivity (Wildman–Crippen MR) is 64.7 cm³/mol. The van der Waals surface area contributed by atoms with Crippen molar-refractivity contribution >= 4 is 5.91 Å². The van der Waals surface area contributed by atoms with Crippen molar-refractivity contribution in [3.05, 3.63) is 48.2 Å². The Bertz CT molecular complexity index is 535. The van der Waals surface area contributed by atoms with E-state index in [2.05, 4.69) is 4.98 Å². The summed E-state index contributed by atoms with van der Waals surface area (Å²) in [4.78, 5) is 15.0. The lowest BCUT2D eigenvalue weighted by atomic mass is 10.0. The molecule has 0 fully saturated rings. The minimum Gasteiger partial charge on any atom is -0.481 e. The molecule has 0 saturated heterocycles. The highest BCUT2D eigenvalue weighted by molar-refractivity contribution is 5.93. The molecule has 4 nitrogen and oxygen atoms in total. The smallest absolute Gasteiger partial charge is 0.248 e. The van der Waals surface area contributed by atoms with Gasteiger partial charge in [0.1, 0.15) is 0 Å². The number of methoxy groups -OCH3 is 1. The number of hydrogen-bond acceptors (Lipinski definition) is 3. The average Bonchev–Trinajstić information content (AvgIpc) is 2.39. The topological polar surface area (TPSA) is 65.2 Å². The van der Waals surface area contributed by atoms with E-state index < -0.39 is 5.91 Å². The number of carbonyl (C=O) groups is 1. The number of hydrogen-bond donors (Lipinski definition) is 1. The van der Waals surface area contributed by atoms with Gasteiger partial charge in [-0.1, -0.05) is 12.1 Å². The van der Waals surface area contributed by atoms with Crippen molar-refractivity contribution < 1.29 is 9.53 Å². The maximum atomic E-state index is 10.9. The van der Waals surface area contributed by atoms with Crippen LogP contribution in [0.4, 0.5) is 0 Å². The molecular formula is C13H12N2O2. The van der Waals surface area contributed by atoms with Crippen molar-refractivity contribution in [2.24, 2.45) is 5.73 Å². The third-order valence-corrected chi connectivity index (χ3v) is 2.45. The zero-order valence-corrected chi connectivity index (χ0v) is 9.38. The number of pyridine rings is 1. The van der Waals surface area contributed by atoms with Crippen molar-refractivity contribution in [1.29, 1.82) is 0 Å². The molecule has 0 unspecified atom stereocenters. The summed E-state index contributed by atoms with van der Waals surface area (Å²) in [5, 5.41) is 0. The Labute approximate surface area is 99.1 Å². The molecule has 0 spiro atoms. The summed E-state index contributed by atoms with van der Waals surface area (Å²) in [6.07, 6.45) is 1.68. The largest absolute Gasteiger partial charge is 0.481 e. The molecule has 86 valence electrons. The minimum absolute atomic E-state index is 0.427. The Morgan fingerprint density at radius 2 is 1.88 bits per heavy atom. The van der Waals surface area contributed by atoms with Crippen molar-refractivity contribution in [3.63, 3.8) is 0 Å². The van der Waals surface area contributed by atoms with Gasteiger partial charge in [-0.3, -0.25) is 4.79 Å². The molecule has 0 radical (unpaired) electrons. The molecule has 2 N–H and O–H groups in total. The molecule has 0 aliphatic carbocycles. The van der Waals surface area contributed by atoms with Crippen LogP contribution in [0.2, 0.25) is 0 Å². The van der Waals surface area contributed by atoms with Crippen LogP contribution >= 0.6 is 0 Å². The highest BCUT2D eigenvalue weighted by atomic mass is 16.5. The predicted octanol–water partition coefficient (Wildman–Crippen LogP) is 1.86. The van der Waals surface area contributed by atoms with Gasteiger partial charge < -0.3 is 10.5 Å². The zero-order chi connectivity index (χ0) is 12.3. The first-order valence-corrected chi connectivity index (χ1v) is 5.11. The Morgan fingerprint density at radius 3 is 2.47 bits per heavy atom. The van der Waals surface area contributed by atoms with Gasteiger partial charge in [0.05, 0.1) is 7.11 Å². The van der Waals surface area contributed by atoms with Crippen molar-refractivity contribution in [2.75, 3.05) is 7.11 Å². The minimum atomic E-state index is -0.427. The molecule has 1 heterocycles. The normalized spacial score (nSPS) is 9.94. The fourth-order valence-electron chi connectivity index (χ4n) is 1.53. The van der Waals surface area contributed by atoms with E-state index in [4.69, 9.17) is 10.5 Å². The van der Waals surface area contributed by atoms with Crippen LogP contribution in [0.25, 0.3) is 11.1 Å². The van der Waals surface area contributed by atoms with Crippen LogP contribution in [0.15, 0.2) is 42.6 Å². The molecule has 1 aromatic heterocycles. The van der Waals surface area contributed by atoms with E-state index in [0.29, 0.717) is 11.4 Å². The lowest BCUT2D eigenvalue weighted by molar-refractivity contribution is 0.100. The molecular weight excluding hydrogens is 216 g/mol. The number of primary amides is 1. The van der Waals surface area contributed by atoms with Crippen LogP contribution in [0.1, 0.15) is 10.4 Å². The summed E-state index contributed by atoms with van der Waals surface area (Å²) < 4.78 is 5.05. The number of carbonyl (C=O) groups excluding carboxylic acids is 1. The van der Waals surface area contributed by atoms with Gasteiger partial charge in [0.2, 0.25) is 11.8 Å². The SMILES string of the molecule is COc1cc(-c2ccc(C(N)=O)cc2)ccn1. The Morgan fingerprint density at radius 1 is 1.18 bits per heavy atom. The lowest BCUT2D eigenvalue weighted by Gasteiger charge is -2.04. The second-order valence-corrected chi connectivity index (χ2v) is 3.53. The lowest BCUT2D eigenvalue weighted by Crippen LogP contribution is -2.10. The van der Waals surface area contributed by atoms with Gasteiger partial charge in [-0.25, -0.2) is 4.98 Å². The van der Waals surface area contributed by atoms with Crippen molar-refractivity contribution in [3.8, 4) is 17.0 Å². The summed E-state index contributed by atoms with van der Waals surface area (Å²) in [5.74, 6) is 0.130. The summed E-state index contributed by atoms with van der Waals surface area (Å²) in [7, 11) is 1.57. The Hall–Kier alpha value is -2.36. The second kappa shape index (κ2) is 4.65. The molecule has 4 heteroatoms. The number of benzene rings is 1. The summed E-state index contributed by atoms with van der Waals surface area (Å²) in [6, 6.07) is 10.8. The highest BCUT2D eigenvalue weighted by Gasteiger charge is 2.03. The molecule has 0 bridgehead atoms. The number of ether oxygens (including phenoxy) is 1. The quantitative estimate of drug-likeness (QED) is 0.871. The second-order valence-electron chi connectivity index (χ2n) is 3.53. The van der Waals surface area contributed by atoms with E-state index in [-0.39, 0.29) is 0 Å². The van der Waals surface area contributed by atoms with E-state index in [1.54, 1.807) is 25.4 Å². The van der Waals surface area contributed by atoms with E-state index in [1.165, 1.54) is 0 Å². The molecule has 0 aliphatic heterocycles. The molecule has 2 aromatic rings. The molecule has 0 aliphatic rings. The first-order valence-electron chi connectivity index (χ1n) is 5.11. The van der Waals surface area contributed by atoms with Crippen molar-refractivity contribution in [1.82, 2.24) is 4.98 Å². The van der Waals surface area contributed by atoms with Crippen molar-refractivity contribution in [2.45, 2.75) is 0 Å². The van der Waals surface area contributed by atoms with Gasteiger partial charge in [-0.15, -0.1) is 0 Å². The van der Waals surface area contributed by atoms with Gasteiger partial charge >= 0.3 is 0 Å². The molecule has 0 atom stereocenters. The third-order valence-electron chi connectivity index (χ3n) is 2.45. The number of rotatable bonds is 3. The summed E-state index contributed by atoms with van der Waals surface area (Å²) in [6.45, 7) is 0. The first kappa shape index (κ1) is 11.1. The number of aromatic nitrogens is 1. The van der Waals surface area contributed by atoms with Crippen LogP contribution in [-0.2, 0) is 0 Å². The number of nitrogens with zero attached hydrogens (tertiary/aromatic N) is 1. The summed E-state index contributed by atoms with van der Waals surface area (Å²) >= 11 is 0. The van der Waals surface area contributed by atoms with Crippen LogP contribution in [-0.4, -0.2) is 18.0 Å². The molecule has 17 heavy (non-hydrogen) atoms.